The van der Waals surface area contributed by atoms with Crippen LogP contribution in [0.5, 0.6) is 0 Å². The van der Waals surface area contributed by atoms with Gasteiger partial charge >= 0.3 is 0 Å². The number of nitrogens with one attached hydrogen (secondary N) is 1. The highest BCUT2D eigenvalue weighted by Crippen LogP contribution is 2.21. The van der Waals surface area contributed by atoms with E-state index in [9.17, 15) is 4.79 Å². The molecule has 0 aliphatic heterocycles. The van der Waals surface area contributed by atoms with Crippen LogP contribution in [0.25, 0.3) is 11.4 Å². The number of carbonyl (C=O) groups is 1. The molecule has 0 aliphatic rings. The Kier molecular flexibility index (Phi) is 7.50. The fourth-order valence-electron chi connectivity index (χ4n) is 2.63. The number of aromatic nitrogens is 3. The van der Waals surface area contributed by atoms with Crippen molar-refractivity contribution in [1.29, 1.82) is 0 Å². The Hall–Kier alpha value is -2.02. The maximum absolute atomic E-state index is 12.1. The van der Waals surface area contributed by atoms with Crippen LogP contribution in [0.15, 0.2) is 29.4 Å². The molecule has 6 nitrogen and oxygen atoms in total. The van der Waals surface area contributed by atoms with Crippen molar-refractivity contribution >= 4 is 17.7 Å². The number of hydrogen-bond acceptors (Lipinski definition) is 5. The van der Waals surface area contributed by atoms with Crippen LogP contribution in [0.3, 0.4) is 0 Å². The second-order valence-electron chi connectivity index (χ2n) is 7.12. The monoisotopic (exact) mass is 375 g/mol. The van der Waals surface area contributed by atoms with Crippen LogP contribution < -0.4 is 11.2 Å². The lowest BCUT2D eigenvalue weighted by molar-refractivity contribution is -0.119. The third kappa shape index (κ3) is 6.05. The quantitative estimate of drug-likeness (QED) is 0.518. The molecular weight excluding hydrogens is 346 g/mol. The highest BCUT2D eigenvalue weighted by molar-refractivity contribution is 7.99. The normalized spacial score (nSPS) is 12.3. The van der Waals surface area contributed by atoms with Crippen LogP contribution in [-0.4, -0.2) is 32.6 Å². The smallest absolute Gasteiger partial charge is 0.230 e. The molecule has 0 aliphatic carbocycles. The molecule has 0 fully saturated rings. The summed E-state index contributed by atoms with van der Waals surface area (Å²) in [4.78, 5) is 12.1. The summed E-state index contributed by atoms with van der Waals surface area (Å²) in [7, 11) is 0. The van der Waals surface area contributed by atoms with Gasteiger partial charge in [-0.05, 0) is 26.2 Å². The van der Waals surface area contributed by atoms with Gasteiger partial charge in [-0.25, -0.2) is 4.68 Å². The van der Waals surface area contributed by atoms with Crippen LogP contribution in [-0.2, 0) is 4.79 Å². The van der Waals surface area contributed by atoms with Gasteiger partial charge in [0.15, 0.2) is 5.82 Å². The molecule has 1 atom stereocenters. The number of carbonyl (C=O) groups excluding carboxylic acids is 1. The van der Waals surface area contributed by atoms with Crippen molar-refractivity contribution in [2.75, 3.05) is 11.6 Å². The Morgan fingerprint density at radius 3 is 2.54 bits per heavy atom. The van der Waals surface area contributed by atoms with E-state index in [1.165, 1.54) is 28.4 Å². The van der Waals surface area contributed by atoms with E-state index in [0.29, 0.717) is 16.9 Å². The van der Waals surface area contributed by atoms with Gasteiger partial charge in [-0.3, -0.25) is 4.79 Å². The van der Waals surface area contributed by atoms with Crippen molar-refractivity contribution in [3.05, 3.63) is 29.8 Å². The number of thioether (sulfide) groups is 1. The van der Waals surface area contributed by atoms with Crippen molar-refractivity contribution in [2.45, 2.75) is 58.2 Å². The fourth-order valence-corrected chi connectivity index (χ4v) is 3.29. The molecule has 1 heterocycles. The minimum atomic E-state index is -0.00747. The Morgan fingerprint density at radius 1 is 1.19 bits per heavy atom. The summed E-state index contributed by atoms with van der Waals surface area (Å²) in [6, 6.07) is 8.11. The zero-order valence-corrected chi connectivity index (χ0v) is 16.8. The maximum atomic E-state index is 12.1. The topological polar surface area (TPSA) is 85.8 Å². The van der Waals surface area contributed by atoms with Crippen molar-refractivity contribution in [3.8, 4) is 11.4 Å². The number of hydrogen-bond donors (Lipinski definition) is 2. The first-order valence-corrected chi connectivity index (χ1v) is 10.0. The van der Waals surface area contributed by atoms with Crippen molar-refractivity contribution < 1.29 is 4.79 Å². The van der Waals surface area contributed by atoms with Gasteiger partial charge in [0.2, 0.25) is 11.1 Å². The Bertz CT molecular complexity index is 711. The van der Waals surface area contributed by atoms with Crippen LogP contribution >= 0.6 is 11.8 Å². The largest absolute Gasteiger partial charge is 0.353 e. The highest BCUT2D eigenvalue weighted by atomic mass is 32.2. The lowest BCUT2D eigenvalue weighted by Gasteiger charge is -2.14. The van der Waals surface area contributed by atoms with E-state index >= 15 is 0 Å². The molecule has 1 amide bonds. The second kappa shape index (κ2) is 9.62. The van der Waals surface area contributed by atoms with Gasteiger partial charge in [0, 0.05) is 11.6 Å². The maximum Gasteiger partial charge on any atom is 0.230 e. The fraction of sp³-hybridized carbons (Fsp3) is 0.526. The van der Waals surface area contributed by atoms with Crippen LogP contribution in [0.2, 0.25) is 0 Å². The summed E-state index contributed by atoms with van der Waals surface area (Å²) in [5.74, 6) is 7.66. The number of aryl methyl sites for hydroxylation is 1. The lowest BCUT2D eigenvalue weighted by Crippen LogP contribution is -2.34. The SMILES string of the molecule is Cc1ccc(-c2nnc(SCC(=O)N[C@H](C)CCCC(C)C)n2N)cc1. The number of amides is 1. The summed E-state index contributed by atoms with van der Waals surface area (Å²) in [6.07, 6.45) is 3.32. The van der Waals surface area contributed by atoms with E-state index in [4.69, 9.17) is 5.84 Å². The van der Waals surface area contributed by atoms with Gasteiger partial charge in [-0.1, -0.05) is 68.3 Å². The van der Waals surface area contributed by atoms with Gasteiger partial charge in [0.05, 0.1) is 5.75 Å². The zero-order valence-electron chi connectivity index (χ0n) is 16.0. The van der Waals surface area contributed by atoms with Gasteiger partial charge in [-0.2, -0.15) is 0 Å². The van der Waals surface area contributed by atoms with Gasteiger partial charge in [-0.15, -0.1) is 10.2 Å². The summed E-state index contributed by atoms with van der Waals surface area (Å²) in [5.41, 5.74) is 2.08. The van der Waals surface area contributed by atoms with E-state index < -0.39 is 0 Å². The minimum absolute atomic E-state index is 0.00747. The molecule has 7 heteroatoms. The Labute approximate surface area is 159 Å². The van der Waals surface area contributed by atoms with Crippen molar-refractivity contribution in [3.63, 3.8) is 0 Å². The standard InChI is InChI=1S/C19H29N5OS/c1-13(2)6-5-7-15(4)21-17(25)12-26-19-23-22-18(24(19)20)16-10-8-14(3)9-11-16/h8-11,13,15H,5-7,12,20H2,1-4H3,(H,21,25)/t15-/m1/s1. The molecule has 0 saturated carbocycles. The first kappa shape index (κ1) is 20.3. The van der Waals surface area contributed by atoms with Crippen molar-refractivity contribution in [2.24, 2.45) is 5.92 Å². The summed E-state index contributed by atoms with van der Waals surface area (Å²) >= 11 is 1.30. The molecule has 2 aromatic rings. The van der Waals surface area contributed by atoms with Crippen LogP contribution in [0.1, 0.15) is 45.6 Å². The molecule has 1 aromatic carbocycles. The van der Waals surface area contributed by atoms with Gasteiger partial charge < -0.3 is 11.2 Å². The molecule has 0 unspecified atom stereocenters. The Balaban J connectivity index is 1.84. The average molecular weight is 376 g/mol. The summed E-state index contributed by atoms with van der Waals surface area (Å²) in [5, 5.41) is 11.8. The molecule has 0 spiro atoms. The molecule has 3 N–H and O–H groups in total. The Morgan fingerprint density at radius 2 is 1.88 bits per heavy atom. The van der Waals surface area contributed by atoms with Crippen LogP contribution in [0, 0.1) is 12.8 Å². The average Bonchev–Trinajstić information content (AvgIpc) is 2.94. The molecular formula is C19H29N5OS. The molecule has 1 aromatic heterocycles. The van der Waals surface area contributed by atoms with E-state index in [0.717, 1.165) is 18.4 Å². The molecule has 26 heavy (non-hydrogen) atoms. The van der Waals surface area contributed by atoms with E-state index in [2.05, 4.69) is 29.4 Å². The lowest BCUT2D eigenvalue weighted by atomic mass is 10.0. The number of nitrogens with two attached hydrogens (primary N) is 1. The highest BCUT2D eigenvalue weighted by Gasteiger charge is 2.14. The third-order valence-corrected chi connectivity index (χ3v) is 5.08. The number of nitrogen functional groups attached to an aromatic ring is 1. The van der Waals surface area contributed by atoms with E-state index in [-0.39, 0.29) is 17.7 Å². The van der Waals surface area contributed by atoms with Gasteiger partial charge in [0.1, 0.15) is 0 Å². The molecule has 0 bridgehead atoms. The molecule has 2 rings (SSSR count). The first-order chi connectivity index (χ1) is 12.4. The molecule has 142 valence electrons. The summed E-state index contributed by atoms with van der Waals surface area (Å²) < 4.78 is 1.44. The molecule has 0 radical (unpaired) electrons. The number of rotatable bonds is 9. The predicted octanol–water partition coefficient (Wildman–Crippen LogP) is 3.39. The first-order valence-electron chi connectivity index (χ1n) is 9.06. The number of nitrogens with zero attached hydrogens (tertiary/aromatic N) is 3. The third-order valence-electron chi connectivity index (χ3n) is 4.13. The van der Waals surface area contributed by atoms with Crippen LogP contribution in [0.4, 0.5) is 0 Å². The van der Waals surface area contributed by atoms with Crippen molar-refractivity contribution in [1.82, 2.24) is 20.2 Å². The molecule has 0 saturated heterocycles. The van der Waals surface area contributed by atoms with E-state index in [1.807, 2.05) is 38.1 Å². The second-order valence-corrected chi connectivity index (χ2v) is 8.07. The number of benzene rings is 1. The van der Waals surface area contributed by atoms with E-state index in [1.54, 1.807) is 0 Å². The predicted molar refractivity (Wildman–Crippen MR) is 107 cm³/mol. The minimum Gasteiger partial charge on any atom is -0.353 e. The van der Waals surface area contributed by atoms with Gasteiger partial charge in [0.25, 0.3) is 0 Å². The summed E-state index contributed by atoms with van der Waals surface area (Å²) in [6.45, 7) is 8.51. The zero-order chi connectivity index (χ0) is 19.1.